The van der Waals surface area contributed by atoms with E-state index in [2.05, 4.69) is 19.2 Å². The van der Waals surface area contributed by atoms with Crippen molar-refractivity contribution in [3.8, 4) is 11.5 Å². The standard InChI is InChI=1S/C20H32N2O3.ClH/c1-4-11-22(20(23)17-7-6-10-21-14-17)15-16-8-9-18(25-12-5-2)19(13-16)24-3;/h8-9,13,17,21H,4-7,10-12,14-15H2,1-3H3;1H. The van der Waals surface area contributed by atoms with Crippen LogP contribution in [-0.4, -0.2) is 44.2 Å². The number of ether oxygens (including phenoxy) is 2. The molecule has 1 amide bonds. The van der Waals surface area contributed by atoms with E-state index in [4.69, 9.17) is 9.47 Å². The number of carbonyl (C=O) groups is 1. The molecule has 2 rings (SSSR count). The summed E-state index contributed by atoms with van der Waals surface area (Å²) in [4.78, 5) is 14.9. The number of methoxy groups -OCH3 is 1. The second-order valence-corrected chi connectivity index (χ2v) is 6.64. The number of nitrogens with one attached hydrogen (secondary N) is 1. The van der Waals surface area contributed by atoms with E-state index >= 15 is 0 Å². The van der Waals surface area contributed by atoms with Gasteiger partial charge in [-0.15, -0.1) is 12.4 Å². The predicted molar refractivity (Wildman–Crippen MR) is 107 cm³/mol. The van der Waals surface area contributed by atoms with Gasteiger partial charge in [-0.2, -0.15) is 0 Å². The third-order valence-corrected chi connectivity index (χ3v) is 4.51. The highest BCUT2D eigenvalue weighted by Crippen LogP contribution is 2.29. The number of nitrogens with zero attached hydrogens (tertiary/aromatic N) is 1. The van der Waals surface area contributed by atoms with Crippen molar-refractivity contribution in [3.05, 3.63) is 23.8 Å². The van der Waals surface area contributed by atoms with Gasteiger partial charge in [0.05, 0.1) is 19.6 Å². The molecule has 1 aromatic rings. The first-order valence-electron chi connectivity index (χ1n) is 9.48. The van der Waals surface area contributed by atoms with E-state index in [0.29, 0.717) is 13.2 Å². The number of benzene rings is 1. The Bertz CT molecular complexity index is 548. The monoisotopic (exact) mass is 384 g/mol. The lowest BCUT2D eigenvalue weighted by Gasteiger charge is -2.29. The highest BCUT2D eigenvalue weighted by atomic mass is 35.5. The Labute approximate surface area is 163 Å². The van der Waals surface area contributed by atoms with Crippen LogP contribution in [0.1, 0.15) is 45.1 Å². The predicted octanol–water partition coefficient (Wildman–Crippen LogP) is 3.64. The molecule has 1 unspecified atom stereocenters. The molecule has 1 aliphatic rings. The molecule has 5 nitrogen and oxygen atoms in total. The first-order chi connectivity index (χ1) is 12.2. The number of carbonyl (C=O) groups excluding carboxylic acids is 1. The lowest BCUT2D eigenvalue weighted by atomic mass is 9.97. The third kappa shape index (κ3) is 6.36. The first kappa shape index (κ1) is 22.6. The minimum absolute atomic E-state index is 0. The van der Waals surface area contributed by atoms with Gasteiger partial charge in [-0.25, -0.2) is 0 Å². The maximum absolute atomic E-state index is 12.9. The molecule has 148 valence electrons. The summed E-state index contributed by atoms with van der Waals surface area (Å²) in [7, 11) is 1.65. The topological polar surface area (TPSA) is 50.8 Å². The first-order valence-corrected chi connectivity index (χ1v) is 9.48. The van der Waals surface area contributed by atoms with Crippen molar-refractivity contribution in [3.63, 3.8) is 0 Å². The third-order valence-electron chi connectivity index (χ3n) is 4.51. The van der Waals surface area contributed by atoms with Crippen LogP contribution < -0.4 is 14.8 Å². The number of rotatable bonds is 9. The molecule has 1 N–H and O–H groups in total. The van der Waals surface area contributed by atoms with Crippen molar-refractivity contribution < 1.29 is 14.3 Å². The summed E-state index contributed by atoms with van der Waals surface area (Å²) in [6.45, 7) is 8.08. The Morgan fingerprint density at radius 3 is 2.69 bits per heavy atom. The molecule has 0 aromatic heterocycles. The molecule has 0 bridgehead atoms. The average Bonchev–Trinajstić information content (AvgIpc) is 2.66. The van der Waals surface area contributed by atoms with Crippen molar-refractivity contribution in [1.82, 2.24) is 10.2 Å². The zero-order chi connectivity index (χ0) is 18.1. The molecule has 0 spiro atoms. The molecule has 0 aliphatic carbocycles. The Morgan fingerprint density at radius 2 is 2.08 bits per heavy atom. The molecular weight excluding hydrogens is 352 g/mol. The van der Waals surface area contributed by atoms with Gasteiger partial charge in [0, 0.05) is 19.6 Å². The summed E-state index contributed by atoms with van der Waals surface area (Å²) in [6.07, 6.45) is 3.98. The number of amides is 1. The second-order valence-electron chi connectivity index (χ2n) is 6.64. The van der Waals surface area contributed by atoms with Crippen LogP contribution in [-0.2, 0) is 11.3 Å². The molecule has 6 heteroatoms. The molecule has 0 saturated carbocycles. The van der Waals surface area contributed by atoms with Crippen molar-refractivity contribution in [2.75, 3.05) is 33.4 Å². The Hall–Kier alpha value is -1.46. The molecule has 1 aromatic carbocycles. The maximum Gasteiger partial charge on any atom is 0.227 e. The van der Waals surface area contributed by atoms with E-state index in [0.717, 1.165) is 62.4 Å². The summed E-state index contributed by atoms with van der Waals surface area (Å²) in [5.74, 6) is 1.86. The van der Waals surface area contributed by atoms with E-state index in [1.54, 1.807) is 7.11 Å². The summed E-state index contributed by atoms with van der Waals surface area (Å²) in [5.41, 5.74) is 1.08. The van der Waals surface area contributed by atoms with E-state index in [1.165, 1.54) is 0 Å². The van der Waals surface area contributed by atoms with Crippen molar-refractivity contribution in [1.29, 1.82) is 0 Å². The molecular formula is C20H33ClN2O3. The largest absolute Gasteiger partial charge is 0.493 e. The van der Waals surface area contributed by atoms with Gasteiger partial charge in [0.1, 0.15) is 0 Å². The number of hydrogen-bond donors (Lipinski definition) is 1. The summed E-state index contributed by atoms with van der Waals surface area (Å²) < 4.78 is 11.2. The summed E-state index contributed by atoms with van der Waals surface area (Å²) >= 11 is 0. The highest BCUT2D eigenvalue weighted by molar-refractivity contribution is 5.85. The minimum Gasteiger partial charge on any atom is -0.493 e. The molecule has 1 atom stereocenters. The zero-order valence-electron chi connectivity index (χ0n) is 16.3. The van der Waals surface area contributed by atoms with Crippen LogP contribution in [0, 0.1) is 5.92 Å². The van der Waals surface area contributed by atoms with Crippen LogP contribution in [0.25, 0.3) is 0 Å². The molecule has 0 radical (unpaired) electrons. The van der Waals surface area contributed by atoms with Crippen molar-refractivity contribution >= 4 is 18.3 Å². The van der Waals surface area contributed by atoms with E-state index in [9.17, 15) is 4.79 Å². The Kier molecular flexibility index (Phi) is 10.4. The van der Waals surface area contributed by atoms with Gasteiger partial charge in [-0.1, -0.05) is 19.9 Å². The van der Waals surface area contributed by atoms with Gasteiger partial charge < -0.3 is 19.7 Å². The fourth-order valence-electron chi connectivity index (χ4n) is 3.22. The number of halogens is 1. The summed E-state index contributed by atoms with van der Waals surface area (Å²) in [6, 6.07) is 5.96. The van der Waals surface area contributed by atoms with E-state index < -0.39 is 0 Å². The number of hydrogen-bond acceptors (Lipinski definition) is 4. The minimum atomic E-state index is 0. The molecule has 26 heavy (non-hydrogen) atoms. The van der Waals surface area contributed by atoms with E-state index in [1.807, 2.05) is 23.1 Å². The van der Waals surface area contributed by atoms with Crippen LogP contribution in [0.4, 0.5) is 0 Å². The lowest BCUT2D eigenvalue weighted by Crippen LogP contribution is -2.43. The fraction of sp³-hybridized carbons (Fsp3) is 0.650. The molecule has 1 aliphatic heterocycles. The quantitative estimate of drug-likeness (QED) is 0.706. The fourth-order valence-corrected chi connectivity index (χ4v) is 3.22. The highest BCUT2D eigenvalue weighted by Gasteiger charge is 2.25. The van der Waals surface area contributed by atoms with Gasteiger partial charge in [-0.05, 0) is 49.9 Å². The summed E-state index contributed by atoms with van der Waals surface area (Å²) in [5, 5.41) is 3.34. The number of piperidine rings is 1. The Morgan fingerprint density at radius 1 is 1.27 bits per heavy atom. The van der Waals surface area contributed by atoms with Crippen molar-refractivity contribution in [2.24, 2.45) is 5.92 Å². The van der Waals surface area contributed by atoms with Crippen LogP contribution in [0.2, 0.25) is 0 Å². The lowest BCUT2D eigenvalue weighted by molar-refractivity contribution is -0.136. The van der Waals surface area contributed by atoms with Crippen LogP contribution >= 0.6 is 12.4 Å². The maximum atomic E-state index is 12.9. The molecule has 1 heterocycles. The van der Waals surface area contributed by atoms with Gasteiger partial charge in [-0.3, -0.25) is 4.79 Å². The average molecular weight is 385 g/mol. The van der Waals surface area contributed by atoms with Gasteiger partial charge in [0.2, 0.25) is 5.91 Å². The molecule has 1 fully saturated rings. The van der Waals surface area contributed by atoms with Gasteiger partial charge in [0.15, 0.2) is 11.5 Å². The SMILES string of the molecule is CCCOc1ccc(CN(CCC)C(=O)C2CCCNC2)cc1OC.Cl. The van der Waals surface area contributed by atoms with Gasteiger partial charge >= 0.3 is 0 Å². The van der Waals surface area contributed by atoms with Crippen LogP contribution in [0.3, 0.4) is 0 Å². The van der Waals surface area contributed by atoms with Crippen LogP contribution in [0.5, 0.6) is 11.5 Å². The van der Waals surface area contributed by atoms with Crippen molar-refractivity contribution in [2.45, 2.75) is 46.1 Å². The normalized spacial score (nSPS) is 16.5. The smallest absolute Gasteiger partial charge is 0.227 e. The second kappa shape index (κ2) is 12.0. The Balaban J connectivity index is 0.00000338. The van der Waals surface area contributed by atoms with E-state index in [-0.39, 0.29) is 24.2 Å². The van der Waals surface area contributed by atoms with Gasteiger partial charge in [0.25, 0.3) is 0 Å². The van der Waals surface area contributed by atoms with Crippen LogP contribution in [0.15, 0.2) is 18.2 Å². The zero-order valence-corrected chi connectivity index (χ0v) is 17.1. The molecule has 1 saturated heterocycles.